The summed E-state index contributed by atoms with van der Waals surface area (Å²) in [5.41, 5.74) is 1.67. The lowest BCUT2D eigenvalue weighted by Gasteiger charge is -1.90. The van der Waals surface area contributed by atoms with Crippen molar-refractivity contribution in [3.8, 4) is 0 Å². The standard InChI is InChI=1S/C12H11N3O2S2/c1-18-6-11-14-15-12(17-11)19-7-10-13-8-4-2-3-5-9(8)16-10/h2-5H,6-7H2,1H3. The van der Waals surface area contributed by atoms with Crippen molar-refractivity contribution in [2.45, 2.75) is 16.7 Å². The van der Waals surface area contributed by atoms with Crippen LogP contribution >= 0.6 is 23.5 Å². The predicted molar refractivity (Wildman–Crippen MR) is 75.1 cm³/mol. The summed E-state index contributed by atoms with van der Waals surface area (Å²) >= 11 is 3.08. The molecule has 0 bridgehead atoms. The third-order valence-electron chi connectivity index (χ3n) is 2.37. The number of hydrogen-bond donors (Lipinski definition) is 0. The molecule has 0 amide bonds. The lowest BCUT2D eigenvalue weighted by atomic mass is 10.3. The number of thioether (sulfide) groups is 2. The number of benzene rings is 1. The average molecular weight is 293 g/mol. The predicted octanol–water partition coefficient (Wildman–Crippen LogP) is 3.37. The fourth-order valence-corrected chi connectivity index (χ4v) is 2.57. The molecule has 3 aromatic rings. The van der Waals surface area contributed by atoms with Crippen LogP contribution in [-0.4, -0.2) is 21.4 Å². The molecular formula is C12H11N3O2S2. The van der Waals surface area contributed by atoms with Crippen LogP contribution in [0.2, 0.25) is 0 Å². The van der Waals surface area contributed by atoms with Gasteiger partial charge in [-0.25, -0.2) is 4.98 Å². The Bertz CT molecular complexity index is 647. The van der Waals surface area contributed by atoms with Gasteiger partial charge in [-0.1, -0.05) is 23.9 Å². The van der Waals surface area contributed by atoms with Gasteiger partial charge < -0.3 is 8.83 Å². The van der Waals surface area contributed by atoms with Crippen LogP contribution in [0.15, 0.2) is 38.3 Å². The molecular weight excluding hydrogens is 282 g/mol. The van der Waals surface area contributed by atoms with Gasteiger partial charge in [0.15, 0.2) is 5.58 Å². The van der Waals surface area contributed by atoms with Crippen LogP contribution in [0.1, 0.15) is 11.8 Å². The first-order chi connectivity index (χ1) is 9.35. The van der Waals surface area contributed by atoms with Gasteiger partial charge in [0.25, 0.3) is 5.22 Å². The molecule has 0 aliphatic rings. The normalized spacial score (nSPS) is 11.2. The summed E-state index contributed by atoms with van der Waals surface area (Å²) in [7, 11) is 0. The fourth-order valence-electron chi connectivity index (χ4n) is 1.58. The van der Waals surface area contributed by atoms with Crippen molar-refractivity contribution < 1.29 is 8.83 Å². The highest BCUT2D eigenvalue weighted by Gasteiger charge is 2.10. The first kappa shape index (κ1) is 12.6. The Balaban J connectivity index is 1.67. The zero-order valence-corrected chi connectivity index (χ0v) is 11.8. The Hall–Kier alpha value is -1.47. The molecule has 3 rings (SSSR count). The molecule has 0 spiro atoms. The summed E-state index contributed by atoms with van der Waals surface area (Å²) in [4.78, 5) is 4.39. The van der Waals surface area contributed by atoms with Crippen molar-refractivity contribution in [2.75, 3.05) is 6.26 Å². The van der Waals surface area contributed by atoms with E-state index in [1.165, 1.54) is 11.8 Å². The number of hydrogen-bond acceptors (Lipinski definition) is 7. The van der Waals surface area contributed by atoms with Crippen molar-refractivity contribution in [3.63, 3.8) is 0 Å². The minimum atomic E-state index is 0.548. The minimum Gasteiger partial charge on any atom is -0.440 e. The van der Waals surface area contributed by atoms with Gasteiger partial charge in [-0.3, -0.25) is 0 Å². The molecule has 0 aliphatic heterocycles. The molecule has 1 aromatic carbocycles. The molecule has 2 heterocycles. The molecule has 5 nitrogen and oxygen atoms in total. The highest BCUT2D eigenvalue weighted by Crippen LogP contribution is 2.24. The molecule has 0 fully saturated rings. The third kappa shape index (κ3) is 2.93. The van der Waals surface area contributed by atoms with Crippen LogP contribution in [-0.2, 0) is 11.5 Å². The Labute approximate surface area is 118 Å². The molecule has 0 N–H and O–H groups in total. The zero-order chi connectivity index (χ0) is 13.1. The van der Waals surface area contributed by atoms with Crippen molar-refractivity contribution in [2.24, 2.45) is 0 Å². The van der Waals surface area contributed by atoms with Crippen LogP contribution in [0.3, 0.4) is 0 Å². The van der Waals surface area contributed by atoms with Crippen LogP contribution in [0.25, 0.3) is 11.1 Å². The molecule has 19 heavy (non-hydrogen) atoms. The van der Waals surface area contributed by atoms with E-state index in [9.17, 15) is 0 Å². The van der Waals surface area contributed by atoms with Gasteiger partial charge in [-0.05, 0) is 18.4 Å². The van der Waals surface area contributed by atoms with Gasteiger partial charge in [-0.15, -0.1) is 10.2 Å². The topological polar surface area (TPSA) is 65.0 Å². The molecule has 2 aromatic heterocycles. The molecule has 0 saturated heterocycles. The summed E-state index contributed by atoms with van der Waals surface area (Å²) in [5.74, 6) is 2.62. The first-order valence-corrected chi connectivity index (χ1v) is 8.01. The lowest BCUT2D eigenvalue weighted by molar-refractivity contribution is 0.426. The monoisotopic (exact) mass is 293 g/mol. The van der Waals surface area contributed by atoms with E-state index in [0.717, 1.165) is 16.9 Å². The summed E-state index contributed by atoms with van der Waals surface area (Å²) in [6.07, 6.45) is 2.00. The second kappa shape index (κ2) is 5.66. The summed E-state index contributed by atoms with van der Waals surface area (Å²) in [6, 6.07) is 7.70. The van der Waals surface area contributed by atoms with Crippen molar-refractivity contribution in [3.05, 3.63) is 36.0 Å². The van der Waals surface area contributed by atoms with Crippen LogP contribution < -0.4 is 0 Å². The third-order valence-corrected chi connectivity index (χ3v) is 3.71. The van der Waals surface area contributed by atoms with Gasteiger partial charge in [0.05, 0.1) is 11.5 Å². The molecule has 0 unspecified atom stereocenters. The maximum absolute atomic E-state index is 5.62. The molecule has 98 valence electrons. The number of oxazole rings is 1. The lowest BCUT2D eigenvalue weighted by Crippen LogP contribution is -1.79. The molecule has 7 heteroatoms. The van der Waals surface area contributed by atoms with Gasteiger partial charge in [0.1, 0.15) is 5.52 Å². The largest absolute Gasteiger partial charge is 0.440 e. The maximum atomic E-state index is 5.62. The van der Waals surface area contributed by atoms with Crippen LogP contribution in [0.5, 0.6) is 0 Å². The number of para-hydroxylation sites is 2. The highest BCUT2D eigenvalue weighted by molar-refractivity contribution is 7.98. The van der Waals surface area contributed by atoms with Gasteiger partial charge >= 0.3 is 0 Å². The van der Waals surface area contributed by atoms with Crippen LogP contribution in [0, 0.1) is 0 Å². The second-order valence-electron chi connectivity index (χ2n) is 3.76. The summed E-state index contributed by atoms with van der Waals surface area (Å²) < 4.78 is 11.1. The number of fused-ring (bicyclic) bond motifs is 1. The number of nitrogens with zero attached hydrogens (tertiary/aromatic N) is 3. The van der Waals surface area contributed by atoms with Crippen molar-refractivity contribution >= 4 is 34.6 Å². The maximum Gasteiger partial charge on any atom is 0.277 e. The highest BCUT2D eigenvalue weighted by atomic mass is 32.2. The van der Waals surface area contributed by atoms with E-state index in [1.807, 2.05) is 30.5 Å². The van der Waals surface area contributed by atoms with E-state index < -0.39 is 0 Å². The van der Waals surface area contributed by atoms with Crippen molar-refractivity contribution in [1.29, 1.82) is 0 Å². The smallest absolute Gasteiger partial charge is 0.277 e. The SMILES string of the molecule is CSCc1nnc(SCc2nc3ccccc3o2)o1. The van der Waals surface area contributed by atoms with E-state index in [1.54, 1.807) is 11.8 Å². The quantitative estimate of drug-likeness (QED) is 0.668. The van der Waals surface area contributed by atoms with E-state index in [2.05, 4.69) is 15.2 Å². The van der Waals surface area contributed by atoms with E-state index in [4.69, 9.17) is 8.83 Å². The number of aromatic nitrogens is 3. The Morgan fingerprint density at radius 2 is 1.95 bits per heavy atom. The summed E-state index contributed by atoms with van der Waals surface area (Å²) in [5, 5.41) is 8.47. The van der Waals surface area contributed by atoms with Gasteiger partial charge in [-0.2, -0.15) is 11.8 Å². The Morgan fingerprint density at radius 3 is 2.79 bits per heavy atom. The second-order valence-corrected chi connectivity index (χ2v) is 5.55. The molecule has 0 atom stereocenters. The fraction of sp³-hybridized carbons (Fsp3) is 0.250. The van der Waals surface area contributed by atoms with E-state index in [0.29, 0.717) is 22.8 Å². The zero-order valence-electron chi connectivity index (χ0n) is 10.2. The molecule has 0 radical (unpaired) electrons. The van der Waals surface area contributed by atoms with Crippen molar-refractivity contribution in [1.82, 2.24) is 15.2 Å². The summed E-state index contributed by atoms with van der Waals surface area (Å²) in [6.45, 7) is 0. The number of rotatable bonds is 5. The van der Waals surface area contributed by atoms with Gasteiger partial charge in [0.2, 0.25) is 11.8 Å². The minimum absolute atomic E-state index is 0.548. The van der Waals surface area contributed by atoms with Crippen LogP contribution in [0.4, 0.5) is 0 Å². The Kier molecular flexibility index (Phi) is 3.74. The molecule has 0 saturated carbocycles. The average Bonchev–Trinajstić information content (AvgIpc) is 3.02. The van der Waals surface area contributed by atoms with E-state index >= 15 is 0 Å². The van der Waals surface area contributed by atoms with E-state index in [-0.39, 0.29) is 0 Å². The molecule has 0 aliphatic carbocycles. The Morgan fingerprint density at radius 1 is 1.05 bits per heavy atom. The van der Waals surface area contributed by atoms with Gasteiger partial charge in [0, 0.05) is 0 Å². The first-order valence-electron chi connectivity index (χ1n) is 5.64.